The molecule has 0 aliphatic rings. The number of carbonyl (C=O) groups excluding carboxylic acids is 1. The molecule has 0 radical (unpaired) electrons. The van der Waals surface area contributed by atoms with Crippen molar-refractivity contribution < 1.29 is 14.7 Å². The van der Waals surface area contributed by atoms with Crippen LogP contribution in [-0.2, 0) is 9.59 Å². The zero-order valence-electron chi connectivity index (χ0n) is 9.04. The summed E-state index contributed by atoms with van der Waals surface area (Å²) in [5.74, 6) is -0.144. The molecule has 0 aliphatic carbocycles. The van der Waals surface area contributed by atoms with E-state index in [9.17, 15) is 9.59 Å². The lowest BCUT2D eigenvalue weighted by molar-refractivity contribution is -0.136. The van der Waals surface area contributed by atoms with Crippen molar-refractivity contribution in [2.45, 2.75) is 33.6 Å². The Labute approximate surface area is 84.7 Å². The Bertz CT molecular complexity index is 202. The van der Waals surface area contributed by atoms with Crippen LogP contribution in [0.25, 0.3) is 0 Å². The van der Waals surface area contributed by atoms with Crippen LogP contribution in [-0.4, -0.2) is 23.5 Å². The number of hydrogen-bond donors (Lipinski definition) is 2. The summed E-state index contributed by atoms with van der Waals surface area (Å²) in [5, 5.41) is 10.9. The minimum atomic E-state index is -0.887. The molecule has 1 amide bonds. The van der Waals surface area contributed by atoms with Crippen LogP contribution in [0.3, 0.4) is 0 Å². The van der Waals surface area contributed by atoms with Crippen LogP contribution < -0.4 is 5.32 Å². The lowest BCUT2D eigenvalue weighted by Gasteiger charge is -2.14. The van der Waals surface area contributed by atoms with Gasteiger partial charge in [0.1, 0.15) is 0 Å². The molecule has 0 aromatic heterocycles. The Balaban J connectivity index is 3.60. The molecule has 4 heteroatoms. The number of hydrogen-bond acceptors (Lipinski definition) is 2. The third-order valence-electron chi connectivity index (χ3n) is 2.31. The molecule has 0 bridgehead atoms. The fraction of sp³-hybridized carbons (Fsp3) is 0.800. The van der Waals surface area contributed by atoms with Crippen LogP contribution in [0.1, 0.15) is 33.6 Å². The fourth-order valence-corrected chi connectivity index (χ4v) is 0.909. The molecule has 0 aliphatic heterocycles. The summed E-state index contributed by atoms with van der Waals surface area (Å²) in [6, 6.07) is 0. The molecule has 0 aromatic rings. The van der Waals surface area contributed by atoms with Gasteiger partial charge in [-0.05, 0) is 11.8 Å². The van der Waals surface area contributed by atoms with Crippen LogP contribution in [0.5, 0.6) is 0 Å². The van der Waals surface area contributed by atoms with Crippen LogP contribution in [0.4, 0.5) is 0 Å². The molecule has 14 heavy (non-hydrogen) atoms. The maximum atomic E-state index is 11.2. The van der Waals surface area contributed by atoms with Gasteiger partial charge < -0.3 is 10.4 Å². The highest BCUT2D eigenvalue weighted by Gasteiger charge is 2.12. The standard InChI is InChI=1S/C10H19NO3/c1-7(2)8(3)6-9(12)11-5-4-10(13)14/h7-8H,4-6H2,1-3H3,(H,11,12)(H,13,14). The number of carboxylic acids is 1. The van der Waals surface area contributed by atoms with Crippen molar-refractivity contribution in [1.29, 1.82) is 0 Å². The van der Waals surface area contributed by atoms with Crippen molar-refractivity contribution >= 4 is 11.9 Å². The van der Waals surface area contributed by atoms with Gasteiger partial charge in [-0.15, -0.1) is 0 Å². The highest BCUT2D eigenvalue weighted by atomic mass is 16.4. The lowest BCUT2D eigenvalue weighted by Crippen LogP contribution is -2.28. The van der Waals surface area contributed by atoms with Gasteiger partial charge in [-0.2, -0.15) is 0 Å². The minimum Gasteiger partial charge on any atom is -0.481 e. The first kappa shape index (κ1) is 12.9. The van der Waals surface area contributed by atoms with Crippen molar-refractivity contribution in [2.75, 3.05) is 6.54 Å². The molecule has 2 N–H and O–H groups in total. The molecular formula is C10H19NO3. The molecule has 4 nitrogen and oxygen atoms in total. The molecule has 82 valence electrons. The van der Waals surface area contributed by atoms with E-state index in [0.717, 1.165) is 0 Å². The number of carboxylic acid groups (broad SMARTS) is 1. The maximum Gasteiger partial charge on any atom is 0.305 e. The topological polar surface area (TPSA) is 66.4 Å². The van der Waals surface area contributed by atoms with Gasteiger partial charge in [-0.3, -0.25) is 9.59 Å². The summed E-state index contributed by atoms with van der Waals surface area (Å²) in [6.45, 7) is 6.37. The zero-order chi connectivity index (χ0) is 11.1. The lowest BCUT2D eigenvalue weighted by atomic mass is 9.94. The first-order valence-electron chi connectivity index (χ1n) is 4.92. The van der Waals surface area contributed by atoms with Crippen LogP contribution in [0.2, 0.25) is 0 Å². The Morgan fingerprint density at radius 3 is 2.29 bits per heavy atom. The number of aliphatic carboxylic acids is 1. The zero-order valence-corrected chi connectivity index (χ0v) is 9.04. The van der Waals surface area contributed by atoms with Crippen LogP contribution >= 0.6 is 0 Å². The molecule has 0 aromatic carbocycles. The van der Waals surface area contributed by atoms with Crippen LogP contribution in [0.15, 0.2) is 0 Å². The summed E-state index contributed by atoms with van der Waals surface area (Å²) in [5.41, 5.74) is 0. The Hall–Kier alpha value is -1.06. The van der Waals surface area contributed by atoms with Crippen molar-refractivity contribution in [2.24, 2.45) is 11.8 Å². The molecule has 0 heterocycles. The quantitative estimate of drug-likeness (QED) is 0.680. The van der Waals surface area contributed by atoms with Gasteiger partial charge in [0, 0.05) is 13.0 Å². The second-order valence-electron chi connectivity index (χ2n) is 3.92. The Morgan fingerprint density at radius 2 is 1.86 bits per heavy atom. The van der Waals surface area contributed by atoms with E-state index in [4.69, 9.17) is 5.11 Å². The van der Waals surface area contributed by atoms with E-state index in [1.807, 2.05) is 6.92 Å². The SMILES string of the molecule is CC(C)C(C)CC(=O)NCCC(=O)O. The summed E-state index contributed by atoms with van der Waals surface area (Å²) < 4.78 is 0. The predicted octanol–water partition coefficient (Wildman–Crippen LogP) is 1.26. The van der Waals surface area contributed by atoms with Gasteiger partial charge >= 0.3 is 5.97 Å². The largest absolute Gasteiger partial charge is 0.481 e. The smallest absolute Gasteiger partial charge is 0.305 e. The van der Waals surface area contributed by atoms with E-state index in [1.165, 1.54) is 0 Å². The molecule has 1 unspecified atom stereocenters. The normalized spacial score (nSPS) is 12.6. The predicted molar refractivity (Wildman–Crippen MR) is 53.9 cm³/mol. The van der Waals surface area contributed by atoms with Gasteiger partial charge in [0.15, 0.2) is 0 Å². The highest BCUT2D eigenvalue weighted by molar-refractivity contribution is 5.76. The van der Waals surface area contributed by atoms with Crippen molar-refractivity contribution in [3.8, 4) is 0 Å². The second-order valence-corrected chi connectivity index (χ2v) is 3.92. The first-order chi connectivity index (χ1) is 6.43. The summed E-state index contributed by atoms with van der Waals surface area (Å²) in [4.78, 5) is 21.4. The summed E-state index contributed by atoms with van der Waals surface area (Å²) in [6.07, 6.45) is 0.457. The molecule has 0 spiro atoms. The second kappa shape index (κ2) is 6.40. The summed E-state index contributed by atoms with van der Waals surface area (Å²) >= 11 is 0. The number of rotatable bonds is 6. The third-order valence-corrected chi connectivity index (χ3v) is 2.31. The highest BCUT2D eigenvalue weighted by Crippen LogP contribution is 2.13. The minimum absolute atomic E-state index is 0.0121. The molecular weight excluding hydrogens is 182 g/mol. The molecule has 0 rings (SSSR count). The van der Waals surface area contributed by atoms with E-state index >= 15 is 0 Å². The van der Waals surface area contributed by atoms with Crippen molar-refractivity contribution in [3.05, 3.63) is 0 Å². The Kier molecular flexibility index (Phi) is 5.92. The molecule has 0 fully saturated rings. The number of amides is 1. The first-order valence-corrected chi connectivity index (χ1v) is 4.92. The Morgan fingerprint density at radius 1 is 1.29 bits per heavy atom. The van der Waals surface area contributed by atoms with Crippen molar-refractivity contribution in [1.82, 2.24) is 5.32 Å². The fourth-order valence-electron chi connectivity index (χ4n) is 0.909. The third kappa shape index (κ3) is 6.46. The van der Waals surface area contributed by atoms with Crippen LogP contribution in [0, 0.1) is 11.8 Å². The summed E-state index contributed by atoms with van der Waals surface area (Å²) in [7, 11) is 0. The van der Waals surface area contributed by atoms with Gasteiger partial charge in [-0.1, -0.05) is 20.8 Å². The monoisotopic (exact) mass is 201 g/mol. The van der Waals surface area contributed by atoms with Gasteiger partial charge in [0.2, 0.25) is 5.91 Å². The maximum absolute atomic E-state index is 11.2. The van der Waals surface area contributed by atoms with E-state index < -0.39 is 5.97 Å². The van der Waals surface area contributed by atoms with E-state index in [1.54, 1.807) is 0 Å². The van der Waals surface area contributed by atoms with E-state index in [0.29, 0.717) is 18.3 Å². The number of carbonyl (C=O) groups is 2. The number of nitrogens with one attached hydrogen (secondary N) is 1. The molecule has 1 atom stereocenters. The average Bonchev–Trinajstić information content (AvgIpc) is 2.02. The van der Waals surface area contributed by atoms with Crippen molar-refractivity contribution in [3.63, 3.8) is 0 Å². The van der Waals surface area contributed by atoms with E-state index in [2.05, 4.69) is 19.2 Å². The van der Waals surface area contributed by atoms with Gasteiger partial charge in [0.05, 0.1) is 6.42 Å². The molecule has 0 saturated heterocycles. The van der Waals surface area contributed by atoms with Gasteiger partial charge in [0.25, 0.3) is 0 Å². The average molecular weight is 201 g/mol. The van der Waals surface area contributed by atoms with E-state index in [-0.39, 0.29) is 18.9 Å². The van der Waals surface area contributed by atoms with Gasteiger partial charge in [-0.25, -0.2) is 0 Å². The molecule has 0 saturated carbocycles.